The molecule has 4 rings (SSSR count). The third-order valence-electron chi connectivity index (χ3n) is 5.80. The fourth-order valence-corrected chi connectivity index (χ4v) is 4.00. The van der Waals surface area contributed by atoms with Gasteiger partial charge in [0.05, 0.1) is 24.0 Å². The maximum Gasteiger partial charge on any atom is 0.257 e. The van der Waals surface area contributed by atoms with Crippen molar-refractivity contribution < 1.29 is 18.4 Å². The number of nitrogens with zero attached hydrogens (tertiary/aromatic N) is 3. The average Bonchev–Trinajstić information content (AvgIpc) is 3.31. The number of fused-ring (bicyclic) bond motifs is 1. The van der Waals surface area contributed by atoms with Crippen molar-refractivity contribution in [3.05, 3.63) is 64.1 Å². The number of piperazine rings is 1. The van der Waals surface area contributed by atoms with Gasteiger partial charge in [-0.25, -0.2) is 4.39 Å². The lowest BCUT2D eigenvalue weighted by Crippen LogP contribution is -2.48. The van der Waals surface area contributed by atoms with Crippen molar-refractivity contribution in [3.8, 4) is 0 Å². The van der Waals surface area contributed by atoms with Gasteiger partial charge in [-0.3, -0.25) is 14.4 Å². The molecule has 9 heteroatoms. The highest BCUT2D eigenvalue weighted by molar-refractivity contribution is 5.97. The summed E-state index contributed by atoms with van der Waals surface area (Å²) in [5, 5.41) is 2.82. The summed E-state index contributed by atoms with van der Waals surface area (Å²) < 4.78 is 22.0. The number of rotatable bonds is 5. The number of carbonyl (C=O) groups is 2. The van der Waals surface area contributed by atoms with E-state index in [-0.39, 0.29) is 23.4 Å². The fourth-order valence-electron chi connectivity index (χ4n) is 4.00. The van der Waals surface area contributed by atoms with Crippen LogP contribution in [-0.2, 0) is 17.9 Å². The Kier molecular flexibility index (Phi) is 5.98. The molecule has 1 saturated heterocycles. The van der Waals surface area contributed by atoms with E-state index >= 15 is 4.39 Å². The minimum absolute atomic E-state index is 0.00121. The lowest BCUT2D eigenvalue weighted by molar-refractivity contribution is -0.129. The van der Waals surface area contributed by atoms with Crippen LogP contribution in [-0.4, -0.2) is 47.5 Å². The molecule has 0 radical (unpaired) electrons. The molecule has 1 N–H and O–H groups in total. The van der Waals surface area contributed by atoms with Crippen LogP contribution >= 0.6 is 0 Å². The van der Waals surface area contributed by atoms with E-state index in [9.17, 15) is 14.4 Å². The first-order valence-corrected chi connectivity index (χ1v) is 10.6. The molecule has 1 aliphatic rings. The Hall–Kier alpha value is -3.62. The highest BCUT2D eigenvalue weighted by Gasteiger charge is 2.23. The van der Waals surface area contributed by atoms with E-state index in [1.807, 2.05) is 11.8 Å². The standard InChI is InChI=1S/C23H25FN4O4/c1-3-26-14-18(23(31)25-13-16-5-4-10-32-16)22(30)17-11-19(24)21(12-20(17)26)28-8-6-27(7-9-28)15(2)29/h4-5,10-12,14H,3,6-9,13H2,1-2H3,(H,25,31). The quantitative estimate of drug-likeness (QED) is 0.658. The molecule has 32 heavy (non-hydrogen) atoms. The SMILES string of the molecule is CCn1cc(C(=O)NCc2ccco2)c(=O)c2cc(F)c(N3CCN(C(C)=O)CC3)cc21. The van der Waals surface area contributed by atoms with Gasteiger partial charge in [0.1, 0.15) is 17.1 Å². The van der Waals surface area contributed by atoms with Crippen LogP contribution in [0.3, 0.4) is 0 Å². The lowest BCUT2D eigenvalue weighted by atomic mass is 10.1. The van der Waals surface area contributed by atoms with E-state index in [1.165, 1.54) is 25.5 Å². The van der Waals surface area contributed by atoms with E-state index < -0.39 is 17.2 Å². The number of halogens is 1. The van der Waals surface area contributed by atoms with Crippen LogP contribution in [0.5, 0.6) is 0 Å². The van der Waals surface area contributed by atoms with Crippen LogP contribution in [0.2, 0.25) is 0 Å². The molecule has 0 spiro atoms. The summed E-state index contributed by atoms with van der Waals surface area (Å²) in [6, 6.07) is 6.30. The maximum absolute atomic E-state index is 15.1. The molecule has 1 aromatic carbocycles. The van der Waals surface area contributed by atoms with Crippen LogP contribution in [0.15, 0.2) is 45.9 Å². The molecule has 8 nitrogen and oxygen atoms in total. The number of anilines is 1. The minimum Gasteiger partial charge on any atom is -0.467 e. The average molecular weight is 440 g/mol. The highest BCUT2D eigenvalue weighted by atomic mass is 19.1. The third-order valence-corrected chi connectivity index (χ3v) is 5.80. The van der Waals surface area contributed by atoms with Gasteiger partial charge in [0.2, 0.25) is 11.3 Å². The Bertz CT molecular complexity index is 1210. The van der Waals surface area contributed by atoms with Gasteiger partial charge in [-0.1, -0.05) is 0 Å². The molecule has 2 aromatic heterocycles. The first-order valence-electron chi connectivity index (χ1n) is 10.6. The van der Waals surface area contributed by atoms with Gasteiger partial charge < -0.3 is 24.1 Å². The van der Waals surface area contributed by atoms with Crippen molar-refractivity contribution in [1.29, 1.82) is 0 Å². The first-order chi connectivity index (χ1) is 15.4. The summed E-state index contributed by atoms with van der Waals surface area (Å²) in [7, 11) is 0. The van der Waals surface area contributed by atoms with Gasteiger partial charge in [0, 0.05) is 51.2 Å². The van der Waals surface area contributed by atoms with Crippen molar-refractivity contribution >= 4 is 28.4 Å². The van der Waals surface area contributed by atoms with Crippen molar-refractivity contribution in [2.24, 2.45) is 0 Å². The molecule has 168 valence electrons. The molecule has 1 fully saturated rings. The van der Waals surface area contributed by atoms with Gasteiger partial charge in [-0.15, -0.1) is 0 Å². The number of furan rings is 1. The van der Waals surface area contributed by atoms with E-state index in [1.54, 1.807) is 27.7 Å². The minimum atomic E-state index is -0.541. The second kappa shape index (κ2) is 8.86. The molecule has 0 saturated carbocycles. The van der Waals surface area contributed by atoms with Crippen LogP contribution in [0.1, 0.15) is 30.0 Å². The molecular formula is C23H25FN4O4. The van der Waals surface area contributed by atoms with Crippen LogP contribution in [0.4, 0.5) is 10.1 Å². The fraction of sp³-hybridized carbons (Fsp3) is 0.348. The lowest BCUT2D eigenvalue weighted by Gasteiger charge is -2.36. The molecule has 2 amide bonds. The zero-order valence-corrected chi connectivity index (χ0v) is 18.1. The number of aromatic nitrogens is 1. The number of carbonyl (C=O) groups excluding carboxylic acids is 2. The molecule has 0 bridgehead atoms. The Morgan fingerprint density at radius 3 is 2.56 bits per heavy atom. The largest absolute Gasteiger partial charge is 0.467 e. The zero-order valence-electron chi connectivity index (χ0n) is 18.1. The van der Waals surface area contributed by atoms with Crippen molar-refractivity contribution in [2.75, 3.05) is 31.1 Å². The summed E-state index contributed by atoms with van der Waals surface area (Å²) in [5.74, 6) is -0.501. The first kappa shape index (κ1) is 21.6. The summed E-state index contributed by atoms with van der Waals surface area (Å²) in [6.45, 7) is 6.10. The molecule has 3 heterocycles. The molecule has 0 aliphatic carbocycles. The Morgan fingerprint density at radius 2 is 1.94 bits per heavy atom. The summed E-state index contributed by atoms with van der Waals surface area (Å²) >= 11 is 0. The molecule has 0 atom stereocenters. The second-order valence-electron chi connectivity index (χ2n) is 7.73. The number of amides is 2. The van der Waals surface area contributed by atoms with E-state index in [4.69, 9.17) is 4.42 Å². The predicted molar refractivity (Wildman–Crippen MR) is 118 cm³/mol. The van der Waals surface area contributed by atoms with Gasteiger partial charge in [0.25, 0.3) is 5.91 Å². The normalized spacial score (nSPS) is 14.1. The van der Waals surface area contributed by atoms with Gasteiger partial charge >= 0.3 is 0 Å². The van der Waals surface area contributed by atoms with Crippen LogP contribution in [0.25, 0.3) is 10.9 Å². The van der Waals surface area contributed by atoms with Crippen LogP contribution in [0, 0.1) is 5.82 Å². The predicted octanol–water partition coefficient (Wildman–Crippen LogP) is 2.35. The van der Waals surface area contributed by atoms with Gasteiger partial charge in [-0.05, 0) is 31.2 Å². The molecule has 0 unspecified atom stereocenters. The molecular weight excluding hydrogens is 415 g/mol. The zero-order chi connectivity index (χ0) is 22.8. The second-order valence-corrected chi connectivity index (χ2v) is 7.73. The van der Waals surface area contributed by atoms with E-state index in [0.717, 1.165) is 0 Å². The monoisotopic (exact) mass is 440 g/mol. The smallest absolute Gasteiger partial charge is 0.257 e. The number of nitrogens with one attached hydrogen (secondary N) is 1. The third kappa shape index (κ3) is 4.10. The maximum atomic E-state index is 15.1. The number of pyridine rings is 1. The van der Waals surface area contributed by atoms with Crippen LogP contribution < -0.4 is 15.6 Å². The van der Waals surface area contributed by atoms with Gasteiger partial charge in [0.15, 0.2) is 0 Å². The molecule has 3 aromatic rings. The summed E-state index contributed by atoms with van der Waals surface area (Å²) in [5.41, 5.74) is 0.379. The number of benzene rings is 1. The van der Waals surface area contributed by atoms with Crippen molar-refractivity contribution in [2.45, 2.75) is 26.9 Å². The molecule has 1 aliphatic heterocycles. The van der Waals surface area contributed by atoms with E-state index in [0.29, 0.717) is 49.7 Å². The highest BCUT2D eigenvalue weighted by Crippen LogP contribution is 2.26. The number of hydrogen-bond acceptors (Lipinski definition) is 5. The summed E-state index contributed by atoms with van der Waals surface area (Å²) in [6.07, 6.45) is 3.01. The summed E-state index contributed by atoms with van der Waals surface area (Å²) in [4.78, 5) is 40.9. The Labute approximate surface area is 184 Å². The Balaban J connectivity index is 1.66. The number of aryl methyl sites for hydroxylation is 1. The van der Waals surface area contributed by atoms with Crippen molar-refractivity contribution in [3.63, 3.8) is 0 Å². The van der Waals surface area contributed by atoms with Gasteiger partial charge in [-0.2, -0.15) is 0 Å². The number of hydrogen-bond donors (Lipinski definition) is 1. The van der Waals surface area contributed by atoms with E-state index in [2.05, 4.69) is 5.32 Å². The van der Waals surface area contributed by atoms with Crippen molar-refractivity contribution in [1.82, 2.24) is 14.8 Å². The topological polar surface area (TPSA) is 87.8 Å². The Morgan fingerprint density at radius 1 is 1.19 bits per heavy atom.